The molecule has 4 rings (SSSR count). The number of benzene rings is 3. The molecule has 0 spiro atoms. The Kier molecular flexibility index (Phi) is 8.11. The third-order valence-electron chi connectivity index (χ3n) is 5.25. The lowest BCUT2D eigenvalue weighted by Crippen LogP contribution is -2.27. The zero-order chi connectivity index (χ0) is 24.6. The molecule has 0 radical (unpaired) electrons. The number of imide groups is 1. The standard InChI is InChI=1S/C28H27NO5S/c1-3-32-25-17-22(13-14-24(25)34-16-15-33-23-7-5-4-6-8-23)18-26-27(30)29(28(31)35-26)19-21-11-9-20(2)10-12-21/h4-14,17-18H,3,15-16,19H2,1-2H3/b26-18-. The molecule has 1 aliphatic heterocycles. The number of hydrogen-bond donors (Lipinski definition) is 0. The minimum absolute atomic E-state index is 0.254. The highest BCUT2D eigenvalue weighted by Crippen LogP contribution is 2.35. The van der Waals surface area contributed by atoms with Crippen LogP contribution in [0.2, 0.25) is 0 Å². The number of carbonyl (C=O) groups excluding carboxylic acids is 2. The van der Waals surface area contributed by atoms with Crippen molar-refractivity contribution in [3.8, 4) is 17.2 Å². The van der Waals surface area contributed by atoms with Crippen molar-refractivity contribution in [3.05, 3.63) is 94.4 Å². The first-order valence-corrected chi connectivity index (χ1v) is 12.2. The van der Waals surface area contributed by atoms with Crippen LogP contribution in [0.3, 0.4) is 0 Å². The van der Waals surface area contributed by atoms with Crippen molar-refractivity contribution in [2.24, 2.45) is 0 Å². The first-order chi connectivity index (χ1) is 17.0. The molecule has 180 valence electrons. The average molecular weight is 490 g/mol. The number of nitrogens with zero attached hydrogens (tertiary/aromatic N) is 1. The van der Waals surface area contributed by atoms with Gasteiger partial charge in [0.15, 0.2) is 11.5 Å². The van der Waals surface area contributed by atoms with Crippen LogP contribution in [-0.2, 0) is 11.3 Å². The van der Waals surface area contributed by atoms with Crippen molar-refractivity contribution < 1.29 is 23.8 Å². The molecule has 0 unspecified atom stereocenters. The third-order valence-corrected chi connectivity index (χ3v) is 6.16. The van der Waals surface area contributed by atoms with Crippen molar-refractivity contribution in [2.75, 3.05) is 19.8 Å². The lowest BCUT2D eigenvalue weighted by molar-refractivity contribution is -0.123. The molecule has 3 aromatic carbocycles. The molecule has 0 aromatic heterocycles. The number of hydrogen-bond acceptors (Lipinski definition) is 6. The first-order valence-electron chi connectivity index (χ1n) is 11.4. The highest BCUT2D eigenvalue weighted by molar-refractivity contribution is 8.18. The molecule has 1 fully saturated rings. The van der Waals surface area contributed by atoms with E-state index in [4.69, 9.17) is 14.2 Å². The summed E-state index contributed by atoms with van der Waals surface area (Å²) in [6.45, 7) is 5.36. The van der Waals surface area contributed by atoms with Crippen molar-refractivity contribution in [2.45, 2.75) is 20.4 Å². The quantitative estimate of drug-likeness (QED) is 0.254. The topological polar surface area (TPSA) is 65.1 Å². The molecule has 1 aliphatic rings. The summed E-state index contributed by atoms with van der Waals surface area (Å²) in [4.78, 5) is 27.1. The molecule has 35 heavy (non-hydrogen) atoms. The highest BCUT2D eigenvalue weighted by atomic mass is 32.2. The largest absolute Gasteiger partial charge is 0.490 e. The second-order valence-electron chi connectivity index (χ2n) is 7.90. The predicted octanol–water partition coefficient (Wildman–Crippen LogP) is 6.09. The Morgan fingerprint density at radius 3 is 2.34 bits per heavy atom. The van der Waals surface area contributed by atoms with E-state index >= 15 is 0 Å². The van der Waals surface area contributed by atoms with E-state index in [0.29, 0.717) is 36.2 Å². The van der Waals surface area contributed by atoms with Crippen LogP contribution in [0.1, 0.15) is 23.6 Å². The molecule has 1 saturated heterocycles. The van der Waals surface area contributed by atoms with Gasteiger partial charge in [-0.25, -0.2) is 0 Å². The smallest absolute Gasteiger partial charge is 0.293 e. The predicted molar refractivity (Wildman–Crippen MR) is 138 cm³/mol. The van der Waals surface area contributed by atoms with Crippen LogP contribution in [0.15, 0.2) is 77.7 Å². The van der Waals surface area contributed by atoms with Gasteiger partial charge in [0.1, 0.15) is 19.0 Å². The van der Waals surface area contributed by atoms with Gasteiger partial charge in [0.25, 0.3) is 11.1 Å². The van der Waals surface area contributed by atoms with Crippen molar-refractivity contribution in [1.29, 1.82) is 0 Å². The number of carbonyl (C=O) groups is 2. The summed E-state index contributed by atoms with van der Waals surface area (Å²) in [5.74, 6) is 1.65. The van der Waals surface area contributed by atoms with Gasteiger partial charge in [-0.2, -0.15) is 0 Å². The summed E-state index contributed by atoms with van der Waals surface area (Å²) in [6.07, 6.45) is 1.71. The van der Waals surface area contributed by atoms with Crippen molar-refractivity contribution >= 4 is 29.0 Å². The van der Waals surface area contributed by atoms with Gasteiger partial charge in [-0.1, -0.05) is 54.1 Å². The molecule has 2 amide bonds. The van der Waals surface area contributed by atoms with E-state index in [-0.39, 0.29) is 17.7 Å². The van der Waals surface area contributed by atoms with Crippen molar-refractivity contribution in [3.63, 3.8) is 0 Å². The number of para-hydroxylation sites is 1. The van der Waals surface area contributed by atoms with Gasteiger partial charge >= 0.3 is 0 Å². The molecular formula is C28H27NO5S. The maximum atomic E-state index is 12.9. The number of rotatable bonds is 10. The van der Waals surface area contributed by atoms with Crippen LogP contribution < -0.4 is 14.2 Å². The highest BCUT2D eigenvalue weighted by Gasteiger charge is 2.35. The Morgan fingerprint density at radius 1 is 0.857 bits per heavy atom. The molecule has 1 heterocycles. The van der Waals surface area contributed by atoms with Crippen LogP contribution in [0, 0.1) is 6.92 Å². The zero-order valence-electron chi connectivity index (χ0n) is 19.7. The molecule has 7 heteroatoms. The van der Waals surface area contributed by atoms with Crippen LogP contribution in [0.5, 0.6) is 17.2 Å². The van der Waals surface area contributed by atoms with Gasteiger partial charge in [-0.05, 0) is 67.1 Å². The van der Waals surface area contributed by atoms with Crippen LogP contribution >= 0.6 is 11.8 Å². The molecule has 0 aliphatic carbocycles. The summed E-state index contributed by atoms with van der Waals surface area (Å²) in [7, 11) is 0. The lowest BCUT2D eigenvalue weighted by atomic mass is 10.1. The van der Waals surface area contributed by atoms with Gasteiger partial charge in [-0.3, -0.25) is 14.5 Å². The molecule has 0 saturated carbocycles. The number of thioether (sulfide) groups is 1. The minimum atomic E-state index is -0.295. The molecule has 3 aromatic rings. The lowest BCUT2D eigenvalue weighted by Gasteiger charge is -2.13. The fourth-order valence-electron chi connectivity index (χ4n) is 3.49. The molecule has 0 atom stereocenters. The molecular weight excluding hydrogens is 462 g/mol. The summed E-state index contributed by atoms with van der Waals surface area (Å²) < 4.78 is 17.3. The summed E-state index contributed by atoms with van der Waals surface area (Å²) in [5, 5.41) is -0.273. The van der Waals surface area contributed by atoms with E-state index < -0.39 is 0 Å². The molecule has 6 nitrogen and oxygen atoms in total. The number of ether oxygens (including phenoxy) is 3. The Hall–Kier alpha value is -3.71. The zero-order valence-corrected chi connectivity index (χ0v) is 20.5. The van der Waals surface area contributed by atoms with Crippen molar-refractivity contribution in [1.82, 2.24) is 4.90 Å². The Morgan fingerprint density at radius 2 is 1.60 bits per heavy atom. The molecule has 0 bridgehead atoms. The fourth-order valence-corrected chi connectivity index (χ4v) is 4.33. The fraction of sp³-hybridized carbons (Fsp3) is 0.214. The maximum Gasteiger partial charge on any atom is 0.293 e. The number of amides is 2. The van der Waals surface area contributed by atoms with E-state index in [0.717, 1.165) is 34.2 Å². The number of aryl methyl sites for hydroxylation is 1. The minimum Gasteiger partial charge on any atom is -0.490 e. The third kappa shape index (κ3) is 6.45. The monoisotopic (exact) mass is 489 g/mol. The Labute approximate surface area is 209 Å². The Balaban J connectivity index is 1.41. The van der Waals surface area contributed by atoms with Crippen LogP contribution in [0.4, 0.5) is 4.79 Å². The van der Waals surface area contributed by atoms with Gasteiger partial charge in [0, 0.05) is 0 Å². The van der Waals surface area contributed by atoms with E-state index in [1.54, 1.807) is 12.1 Å². The maximum absolute atomic E-state index is 12.9. The summed E-state index contributed by atoms with van der Waals surface area (Å²) >= 11 is 0.947. The summed E-state index contributed by atoms with van der Waals surface area (Å²) in [5.41, 5.74) is 2.79. The molecule has 0 N–H and O–H groups in total. The SMILES string of the molecule is CCOc1cc(/C=C2\SC(=O)N(Cc3ccc(C)cc3)C2=O)ccc1OCCOc1ccccc1. The van der Waals surface area contributed by atoms with Crippen LogP contribution in [0.25, 0.3) is 6.08 Å². The van der Waals surface area contributed by atoms with E-state index in [1.165, 1.54) is 4.90 Å². The second kappa shape index (κ2) is 11.6. The Bertz CT molecular complexity index is 1210. The average Bonchev–Trinajstić information content (AvgIpc) is 3.12. The van der Waals surface area contributed by atoms with Gasteiger partial charge in [-0.15, -0.1) is 0 Å². The van der Waals surface area contributed by atoms with E-state index in [2.05, 4.69) is 0 Å². The van der Waals surface area contributed by atoms with E-state index in [1.807, 2.05) is 80.6 Å². The van der Waals surface area contributed by atoms with Gasteiger partial charge < -0.3 is 14.2 Å². The second-order valence-corrected chi connectivity index (χ2v) is 8.90. The summed E-state index contributed by atoms with van der Waals surface area (Å²) in [6, 6.07) is 22.8. The van der Waals surface area contributed by atoms with Gasteiger partial charge in [0.2, 0.25) is 0 Å². The first kappa shape index (κ1) is 24.4. The van der Waals surface area contributed by atoms with E-state index in [9.17, 15) is 9.59 Å². The van der Waals surface area contributed by atoms with Gasteiger partial charge in [0.05, 0.1) is 18.1 Å². The normalized spacial score (nSPS) is 14.5. The van der Waals surface area contributed by atoms with Crippen LogP contribution in [-0.4, -0.2) is 35.9 Å².